The molecule has 2 aliphatic rings. The molecule has 3 heterocycles. The maximum Gasteiger partial charge on any atom is 0.222 e. The van der Waals surface area contributed by atoms with Gasteiger partial charge in [-0.25, -0.2) is 9.37 Å². The first-order valence-corrected chi connectivity index (χ1v) is 10.3. The van der Waals surface area contributed by atoms with Crippen LogP contribution in [0.4, 0.5) is 4.39 Å². The molecule has 4 nitrogen and oxygen atoms in total. The number of hydrogen-bond donors (Lipinski definition) is 0. The summed E-state index contributed by atoms with van der Waals surface area (Å²) in [6.07, 6.45) is 6.97. The summed E-state index contributed by atoms with van der Waals surface area (Å²) >= 11 is 0. The zero-order valence-electron chi connectivity index (χ0n) is 16.5. The van der Waals surface area contributed by atoms with E-state index >= 15 is 0 Å². The van der Waals surface area contributed by atoms with E-state index < -0.39 is 5.54 Å². The van der Waals surface area contributed by atoms with Gasteiger partial charge in [0.1, 0.15) is 11.6 Å². The van der Waals surface area contributed by atoms with Crippen molar-refractivity contribution in [1.29, 1.82) is 0 Å². The molecule has 1 amide bonds. The highest BCUT2D eigenvalue weighted by molar-refractivity contribution is 5.78. The van der Waals surface area contributed by atoms with Crippen LogP contribution in [0.3, 0.4) is 0 Å². The third-order valence-corrected chi connectivity index (χ3v) is 6.56. The van der Waals surface area contributed by atoms with Crippen molar-refractivity contribution in [3.8, 4) is 11.4 Å². The Hall–Kier alpha value is -2.95. The second kappa shape index (κ2) is 6.83. The van der Waals surface area contributed by atoms with Gasteiger partial charge in [0, 0.05) is 37.0 Å². The molecule has 3 aromatic rings. The standard InChI is InChI=1S/C24H24FN3O/c1-17-5-4-15-27(17)22(29)12-13-24(18-8-10-19(25)11-9-18)21-7-3-2-6-20(21)23-26-14-16-28(23)24/h2-3,6-11,14,16-17H,4-5,12-13,15H2,1H3. The van der Waals surface area contributed by atoms with E-state index in [0.717, 1.165) is 41.9 Å². The Bertz CT molecular complexity index is 1060. The van der Waals surface area contributed by atoms with Crippen molar-refractivity contribution in [2.24, 2.45) is 0 Å². The van der Waals surface area contributed by atoms with Crippen LogP contribution >= 0.6 is 0 Å². The van der Waals surface area contributed by atoms with E-state index in [1.54, 1.807) is 6.20 Å². The molecule has 0 bridgehead atoms. The molecule has 5 rings (SSSR count). The highest BCUT2D eigenvalue weighted by Crippen LogP contribution is 2.49. The van der Waals surface area contributed by atoms with Crippen LogP contribution in [0.5, 0.6) is 0 Å². The molecule has 0 saturated carbocycles. The van der Waals surface area contributed by atoms with E-state index in [9.17, 15) is 9.18 Å². The molecule has 2 unspecified atom stereocenters. The lowest BCUT2D eigenvalue weighted by molar-refractivity contribution is -0.132. The highest BCUT2D eigenvalue weighted by atomic mass is 19.1. The molecule has 0 aliphatic carbocycles. The van der Waals surface area contributed by atoms with Gasteiger partial charge in [0.15, 0.2) is 0 Å². The van der Waals surface area contributed by atoms with Crippen molar-refractivity contribution < 1.29 is 9.18 Å². The van der Waals surface area contributed by atoms with Crippen LogP contribution in [0.25, 0.3) is 11.4 Å². The minimum absolute atomic E-state index is 0.197. The second-order valence-corrected chi connectivity index (χ2v) is 8.11. The Balaban J connectivity index is 1.60. The number of aromatic nitrogens is 2. The Morgan fingerprint density at radius 1 is 1.21 bits per heavy atom. The fourth-order valence-electron chi connectivity index (χ4n) is 5.13. The molecule has 2 aromatic carbocycles. The summed E-state index contributed by atoms with van der Waals surface area (Å²) in [5, 5.41) is 0. The molecule has 1 aromatic heterocycles. The minimum Gasteiger partial charge on any atom is -0.340 e. The molecular weight excluding hydrogens is 365 g/mol. The van der Waals surface area contributed by atoms with Crippen molar-refractivity contribution in [1.82, 2.24) is 14.5 Å². The Kier molecular flexibility index (Phi) is 4.26. The first kappa shape index (κ1) is 18.1. The first-order chi connectivity index (χ1) is 14.1. The summed E-state index contributed by atoms with van der Waals surface area (Å²) in [5.41, 5.74) is 2.61. The number of halogens is 1. The largest absolute Gasteiger partial charge is 0.340 e. The number of nitrogens with zero attached hydrogens (tertiary/aromatic N) is 3. The Morgan fingerprint density at radius 3 is 2.76 bits per heavy atom. The summed E-state index contributed by atoms with van der Waals surface area (Å²) in [6.45, 7) is 2.97. The molecule has 2 aliphatic heterocycles. The molecule has 1 fully saturated rings. The lowest BCUT2D eigenvalue weighted by Crippen LogP contribution is -2.38. The zero-order valence-corrected chi connectivity index (χ0v) is 16.5. The molecule has 1 saturated heterocycles. The van der Waals surface area contributed by atoms with E-state index in [1.807, 2.05) is 35.4 Å². The number of hydrogen-bond acceptors (Lipinski definition) is 2. The van der Waals surface area contributed by atoms with Gasteiger partial charge >= 0.3 is 0 Å². The predicted molar refractivity (Wildman–Crippen MR) is 110 cm³/mol. The minimum atomic E-state index is -0.561. The van der Waals surface area contributed by atoms with E-state index in [0.29, 0.717) is 18.9 Å². The third-order valence-electron chi connectivity index (χ3n) is 6.56. The maximum absolute atomic E-state index is 13.7. The van der Waals surface area contributed by atoms with Gasteiger partial charge in [-0.05, 0) is 49.4 Å². The van der Waals surface area contributed by atoms with Crippen LogP contribution in [0, 0.1) is 5.82 Å². The van der Waals surface area contributed by atoms with Gasteiger partial charge in [0.05, 0.1) is 5.54 Å². The predicted octanol–water partition coefficient (Wildman–Crippen LogP) is 4.59. The van der Waals surface area contributed by atoms with Gasteiger partial charge in [-0.3, -0.25) is 4.79 Å². The fourth-order valence-corrected chi connectivity index (χ4v) is 5.13. The quantitative estimate of drug-likeness (QED) is 0.655. The zero-order chi connectivity index (χ0) is 20.0. The number of carbonyl (C=O) groups is 1. The van der Waals surface area contributed by atoms with Crippen LogP contribution < -0.4 is 0 Å². The first-order valence-electron chi connectivity index (χ1n) is 10.3. The number of carbonyl (C=O) groups excluding carboxylic acids is 1. The van der Waals surface area contributed by atoms with Crippen LogP contribution in [0.15, 0.2) is 60.9 Å². The summed E-state index contributed by atoms with van der Waals surface area (Å²) in [4.78, 5) is 19.6. The topological polar surface area (TPSA) is 38.1 Å². The number of likely N-dealkylation sites (tertiary alicyclic amines) is 1. The summed E-state index contributed by atoms with van der Waals surface area (Å²) in [5.74, 6) is 0.831. The molecule has 2 atom stereocenters. The van der Waals surface area contributed by atoms with Crippen LogP contribution in [0.2, 0.25) is 0 Å². The van der Waals surface area contributed by atoms with E-state index in [-0.39, 0.29) is 11.7 Å². The van der Waals surface area contributed by atoms with E-state index in [4.69, 9.17) is 0 Å². The summed E-state index contributed by atoms with van der Waals surface area (Å²) in [7, 11) is 0. The average Bonchev–Trinajstić information content (AvgIpc) is 3.44. The van der Waals surface area contributed by atoms with Crippen molar-refractivity contribution in [2.45, 2.75) is 44.2 Å². The summed E-state index contributed by atoms with van der Waals surface area (Å²) in [6, 6.07) is 15.2. The second-order valence-electron chi connectivity index (χ2n) is 8.11. The SMILES string of the molecule is CC1CCCN1C(=O)CCC1(c2ccc(F)cc2)c2ccccc2-c2nccn21. The number of fused-ring (bicyclic) bond motifs is 3. The van der Waals surface area contributed by atoms with Gasteiger partial charge < -0.3 is 9.47 Å². The van der Waals surface area contributed by atoms with Crippen molar-refractivity contribution in [3.63, 3.8) is 0 Å². The molecule has 148 valence electrons. The number of imidazole rings is 1. The van der Waals surface area contributed by atoms with E-state index in [1.165, 1.54) is 12.1 Å². The number of benzene rings is 2. The Labute approximate surface area is 170 Å². The third kappa shape index (κ3) is 2.71. The summed E-state index contributed by atoms with van der Waals surface area (Å²) < 4.78 is 15.9. The van der Waals surface area contributed by atoms with Gasteiger partial charge in [-0.2, -0.15) is 0 Å². The lowest BCUT2D eigenvalue weighted by Gasteiger charge is -2.34. The monoisotopic (exact) mass is 389 g/mol. The Morgan fingerprint density at radius 2 is 2.00 bits per heavy atom. The highest BCUT2D eigenvalue weighted by Gasteiger charge is 2.45. The molecule has 5 heteroatoms. The fraction of sp³-hybridized carbons (Fsp3) is 0.333. The van der Waals surface area contributed by atoms with Crippen molar-refractivity contribution >= 4 is 5.91 Å². The molecule has 0 radical (unpaired) electrons. The molecule has 0 N–H and O–H groups in total. The molecule has 29 heavy (non-hydrogen) atoms. The van der Waals surface area contributed by atoms with Gasteiger partial charge in [0.25, 0.3) is 0 Å². The molecule has 0 spiro atoms. The smallest absolute Gasteiger partial charge is 0.222 e. The van der Waals surface area contributed by atoms with Gasteiger partial charge in [-0.1, -0.05) is 36.4 Å². The molecular formula is C24H24FN3O. The van der Waals surface area contributed by atoms with Crippen LogP contribution in [-0.4, -0.2) is 32.9 Å². The van der Waals surface area contributed by atoms with Crippen LogP contribution in [0.1, 0.15) is 43.7 Å². The van der Waals surface area contributed by atoms with E-state index in [2.05, 4.69) is 28.6 Å². The van der Waals surface area contributed by atoms with Gasteiger partial charge in [-0.15, -0.1) is 0 Å². The van der Waals surface area contributed by atoms with Gasteiger partial charge in [0.2, 0.25) is 5.91 Å². The number of rotatable bonds is 4. The normalized spacial score (nSPS) is 22.6. The lowest BCUT2D eigenvalue weighted by atomic mass is 9.79. The number of amides is 1. The van der Waals surface area contributed by atoms with Crippen LogP contribution in [-0.2, 0) is 10.3 Å². The van der Waals surface area contributed by atoms with Crippen molar-refractivity contribution in [2.75, 3.05) is 6.54 Å². The van der Waals surface area contributed by atoms with Crippen molar-refractivity contribution in [3.05, 3.63) is 77.9 Å². The maximum atomic E-state index is 13.7. The average molecular weight is 389 g/mol.